The predicted octanol–water partition coefficient (Wildman–Crippen LogP) is 0.890. The molecule has 0 radical (unpaired) electrons. The molecule has 0 saturated heterocycles. The fraction of sp³-hybridized carbons (Fsp3) is 0.444. The van der Waals surface area contributed by atoms with Gasteiger partial charge in [0.1, 0.15) is 6.26 Å². The molecule has 0 aliphatic heterocycles. The minimum absolute atomic E-state index is 0.0848. The first-order valence-electron chi connectivity index (χ1n) is 4.94. The number of hydrogen-bond acceptors (Lipinski definition) is 6. The summed E-state index contributed by atoms with van der Waals surface area (Å²) in [4.78, 5) is 20.7. The fourth-order valence-corrected chi connectivity index (χ4v) is 3.25. The fourth-order valence-electron chi connectivity index (χ4n) is 1.36. The summed E-state index contributed by atoms with van der Waals surface area (Å²) in [5.74, 6) is 0. The number of ether oxygens (including phenoxy) is 1. The molecule has 6 nitrogen and oxygen atoms in total. The van der Waals surface area contributed by atoms with Gasteiger partial charge in [-0.3, -0.25) is 9.36 Å². The number of hydrogen-bond donors (Lipinski definition) is 0. The topological polar surface area (TPSA) is 80.1 Å². The number of fused-ring (bicyclic) bond motifs is 1. The molecule has 1 atom stereocenters. The molecule has 0 saturated carbocycles. The van der Waals surface area contributed by atoms with Crippen molar-refractivity contribution < 1.29 is 9.29 Å². The summed E-state index contributed by atoms with van der Waals surface area (Å²) in [6.07, 6.45) is 1.50. The van der Waals surface area contributed by atoms with Gasteiger partial charge in [0, 0.05) is 18.3 Å². The molecule has 0 N–H and O–H groups in total. The van der Waals surface area contributed by atoms with E-state index < -0.39 is 11.2 Å². The van der Waals surface area contributed by atoms with Gasteiger partial charge in [0.2, 0.25) is 5.28 Å². The first-order valence-corrected chi connectivity index (χ1v) is 7.69. The van der Waals surface area contributed by atoms with E-state index in [2.05, 4.69) is 9.97 Å². The number of nitrogens with zero attached hydrogens (tertiary/aromatic N) is 3. The van der Waals surface area contributed by atoms with E-state index in [0.29, 0.717) is 22.3 Å². The van der Waals surface area contributed by atoms with Crippen LogP contribution >= 0.6 is 22.9 Å². The van der Waals surface area contributed by atoms with Gasteiger partial charge in [0.05, 0.1) is 13.2 Å². The SMILES string of the molecule is COCCn1c(Cl)nc2sc([S+](C)[O-])nc2c1=O. The van der Waals surface area contributed by atoms with Crippen molar-refractivity contribution in [2.24, 2.45) is 0 Å². The van der Waals surface area contributed by atoms with E-state index in [4.69, 9.17) is 16.3 Å². The van der Waals surface area contributed by atoms with Crippen molar-refractivity contribution in [3.63, 3.8) is 0 Å². The molecule has 1 unspecified atom stereocenters. The largest absolute Gasteiger partial charge is 0.610 e. The molecule has 0 fully saturated rings. The van der Waals surface area contributed by atoms with Crippen LogP contribution < -0.4 is 5.56 Å². The molecular weight excluding hydrogens is 298 g/mol. The number of halogens is 1. The molecule has 18 heavy (non-hydrogen) atoms. The van der Waals surface area contributed by atoms with Crippen LogP contribution in [0.15, 0.2) is 9.13 Å². The Morgan fingerprint density at radius 1 is 1.56 bits per heavy atom. The van der Waals surface area contributed by atoms with E-state index in [1.165, 1.54) is 17.9 Å². The Kier molecular flexibility index (Phi) is 4.23. The van der Waals surface area contributed by atoms with E-state index in [9.17, 15) is 9.35 Å². The Hall–Kier alpha value is -0.670. The number of aromatic nitrogens is 3. The zero-order valence-corrected chi connectivity index (χ0v) is 12.1. The molecule has 0 aromatic carbocycles. The van der Waals surface area contributed by atoms with Crippen LogP contribution in [0.3, 0.4) is 0 Å². The molecule has 0 bridgehead atoms. The minimum atomic E-state index is -1.24. The second-order valence-electron chi connectivity index (χ2n) is 3.42. The first-order chi connectivity index (χ1) is 8.54. The molecule has 2 heterocycles. The zero-order chi connectivity index (χ0) is 13.3. The maximum absolute atomic E-state index is 12.1. The van der Waals surface area contributed by atoms with Gasteiger partial charge in [0.15, 0.2) is 10.3 Å². The molecule has 2 aromatic heterocycles. The third-order valence-electron chi connectivity index (χ3n) is 2.22. The Morgan fingerprint density at radius 3 is 2.89 bits per heavy atom. The maximum Gasteiger partial charge on any atom is 0.304 e. The molecule has 2 aromatic rings. The number of methoxy groups -OCH3 is 1. The Labute approximate surface area is 115 Å². The van der Waals surface area contributed by atoms with E-state index in [1.807, 2.05) is 0 Å². The van der Waals surface area contributed by atoms with Crippen molar-refractivity contribution >= 4 is 44.5 Å². The molecule has 0 spiro atoms. The van der Waals surface area contributed by atoms with Crippen LogP contribution in [-0.4, -0.2) is 39.1 Å². The van der Waals surface area contributed by atoms with Crippen LogP contribution in [0.1, 0.15) is 0 Å². The van der Waals surface area contributed by atoms with Crippen LogP contribution in [0.2, 0.25) is 5.28 Å². The van der Waals surface area contributed by atoms with Gasteiger partial charge < -0.3 is 9.29 Å². The van der Waals surface area contributed by atoms with Crippen molar-refractivity contribution in [2.45, 2.75) is 10.9 Å². The Bertz CT molecular complexity index is 625. The lowest BCUT2D eigenvalue weighted by molar-refractivity contribution is 0.186. The van der Waals surface area contributed by atoms with Gasteiger partial charge in [-0.2, -0.15) is 4.98 Å². The Morgan fingerprint density at radius 2 is 2.28 bits per heavy atom. The van der Waals surface area contributed by atoms with Gasteiger partial charge in [-0.15, -0.1) is 0 Å². The molecule has 0 amide bonds. The molecule has 0 aliphatic carbocycles. The molecule has 2 rings (SSSR count). The zero-order valence-electron chi connectivity index (χ0n) is 9.68. The second-order valence-corrected chi connectivity index (χ2v) is 6.29. The van der Waals surface area contributed by atoms with Crippen molar-refractivity contribution in [1.29, 1.82) is 0 Å². The first kappa shape index (κ1) is 13.8. The predicted molar refractivity (Wildman–Crippen MR) is 70.9 cm³/mol. The third-order valence-corrected chi connectivity index (χ3v) is 4.79. The van der Waals surface area contributed by atoms with Crippen molar-refractivity contribution in [2.75, 3.05) is 20.0 Å². The number of rotatable bonds is 4. The van der Waals surface area contributed by atoms with Crippen LogP contribution in [0, 0.1) is 0 Å². The standard InChI is InChI=1S/C9H10ClN3O3S2/c1-16-4-3-13-7(14)5-6(12-8(13)10)17-9(11-5)18(2)15/h3-4H2,1-2H3. The van der Waals surface area contributed by atoms with Crippen molar-refractivity contribution in [3.8, 4) is 0 Å². The van der Waals surface area contributed by atoms with E-state index >= 15 is 0 Å². The van der Waals surface area contributed by atoms with E-state index in [0.717, 1.165) is 11.3 Å². The lowest BCUT2D eigenvalue weighted by Gasteiger charge is -2.05. The average Bonchev–Trinajstić information content (AvgIpc) is 2.73. The lowest BCUT2D eigenvalue weighted by Crippen LogP contribution is -2.24. The summed E-state index contributed by atoms with van der Waals surface area (Å²) < 4.78 is 17.9. The summed E-state index contributed by atoms with van der Waals surface area (Å²) in [7, 11) is 1.53. The van der Waals surface area contributed by atoms with Crippen LogP contribution in [-0.2, 0) is 22.5 Å². The van der Waals surface area contributed by atoms with Crippen LogP contribution in [0.25, 0.3) is 10.3 Å². The van der Waals surface area contributed by atoms with Gasteiger partial charge in [-0.1, -0.05) is 0 Å². The molecule has 98 valence electrons. The summed E-state index contributed by atoms with van der Waals surface area (Å²) in [5.41, 5.74) is -0.138. The summed E-state index contributed by atoms with van der Waals surface area (Å²) in [6, 6.07) is 0. The van der Waals surface area contributed by atoms with Gasteiger partial charge in [-0.05, 0) is 22.9 Å². The third kappa shape index (κ3) is 2.52. The van der Waals surface area contributed by atoms with Gasteiger partial charge in [-0.25, -0.2) is 4.98 Å². The second kappa shape index (κ2) is 5.54. The normalized spacial score (nSPS) is 13.1. The van der Waals surface area contributed by atoms with Crippen molar-refractivity contribution in [3.05, 3.63) is 15.6 Å². The molecular formula is C9H10ClN3O3S2. The van der Waals surface area contributed by atoms with Crippen LogP contribution in [0.4, 0.5) is 0 Å². The van der Waals surface area contributed by atoms with E-state index in [-0.39, 0.29) is 16.4 Å². The highest BCUT2D eigenvalue weighted by Gasteiger charge is 2.18. The molecule has 0 aliphatic rings. The lowest BCUT2D eigenvalue weighted by atomic mass is 10.5. The summed E-state index contributed by atoms with van der Waals surface area (Å²) in [5, 5.41) is 0.0848. The monoisotopic (exact) mass is 307 g/mol. The highest BCUT2D eigenvalue weighted by molar-refractivity contribution is 7.92. The smallest absolute Gasteiger partial charge is 0.304 e. The van der Waals surface area contributed by atoms with E-state index in [1.54, 1.807) is 0 Å². The van der Waals surface area contributed by atoms with Gasteiger partial charge >= 0.3 is 4.34 Å². The highest BCUT2D eigenvalue weighted by atomic mass is 35.5. The minimum Gasteiger partial charge on any atom is -0.610 e. The van der Waals surface area contributed by atoms with Gasteiger partial charge in [0.25, 0.3) is 5.56 Å². The summed E-state index contributed by atoms with van der Waals surface area (Å²) in [6.45, 7) is 0.655. The maximum atomic E-state index is 12.1. The summed E-state index contributed by atoms with van der Waals surface area (Å²) >= 11 is 5.81. The van der Waals surface area contributed by atoms with Crippen LogP contribution in [0.5, 0.6) is 0 Å². The Balaban J connectivity index is 2.58. The quantitative estimate of drug-likeness (QED) is 0.619. The highest BCUT2D eigenvalue weighted by Crippen LogP contribution is 2.22. The number of thiazole rings is 1. The van der Waals surface area contributed by atoms with Crippen molar-refractivity contribution in [1.82, 2.24) is 14.5 Å². The average molecular weight is 308 g/mol. The molecule has 9 heteroatoms.